The van der Waals surface area contributed by atoms with Gasteiger partial charge in [0.2, 0.25) is 11.8 Å². The Labute approximate surface area is 154 Å². The molecule has 2 amide bonds. The summed E-state index contributed by atoms with van der Waals surface area (Å²) >= 11 is 1.64. The van der Waals surface area contributed by atoms with Gasteiger partial charge in [-0.15, -0.1) is 11.3 Å². The largest absolute Gasteiger partial charge is 0.355 e. The predicted octanol–water partition coefficient (Wildman–Crippen LogP) is 3.07. The van der Waals surface area contributed by atoms with Crippen LogP contribution >= 0.6 is 11.3 Å². The number of aromatic nitrogens is 1. The van der Waals surface area contributed by atoms with Crippen molar-refractivity contribution in [2.24, 2.45) is 5.92 Å². The van der Waals surface area contributed by atoms with E-state index in [1.807, 2.05) is 17.3 Å². The van der Waals surface area contributed by atoms with Crippen molar-refractivity contribution in [3.05, 3.63) is 16.1 Å². The maximum absolute atomic E-state index is 12.6. The number of likely N-dealkylation sites (tertiary alicyclic amines) is 1. The van der Waals surface area contributed by atoms with Gasteiger partial charge in [0, 0.05) is 36.9 Å². The number of nitrogens with one attached hydrogen (secondary N) is 1. The Morgan fingerprint density at radius 1 is 1.28 bits per heavy atom. The molecule has 25 heavy (non-hydrogen) atoms. The lowest BCUT2D eigenvalue weighted by molar-refractivity contribution is -0.141. The molecule has 1 saturated carbocycles. The van der Waals surface area contributed by atoms with E-state index in [1.165, 1.54) is 30.6 Å². The average molecular weight is 364 g/mol. The molecule has 0 unspecified atom stereocenters. The van der Waals surface area contributed by atoms with Crippen LogP contribution in [0.5, 0.6) is 0 Å². The number of piperidine rings is 1. The maximum Gasteiger partial charge on any atom is 0.224 e. The highest BCUT2D eigenvalue weighted by Crippen LogP contribution is 2.27. The van der Waals surface area contributed by atoms with Crippen LogP contribution in [-0.2, 0) is 16.0 Å². The molecular weight excluding hydrogens is 334 g/mol. The number of nitrogens with zero attached hydrogens (tertiary/aromatic N) is 2. The van der Waals surface area contributed by atoms with Crippen LogP contribution in [0.1, 0.15) is 61.9 Å². The Morgan fingerprint density at radius 3 is 2.72 bits per heavy atom. The molecule has 1 atom stereocenters. The highest BCUT2D eigenvalue weighted by molar-refractivity contribution is 7.09. The number of carbonyl (C=O) groups excluding carboxylic acids is 2. The Kier molecular flexibility index (Phi) is 6.45. The highest BCUT2D eigenvalue weighted by Gasteiger charge is 2.34. The van der Waals surface area contributed by atoms with E-state index in [4.69, 9.17) is 0 Å². The summed E-state index contributed by atoms with van der Waals surface area (Å²) < 4.78 is 0. The predicted molar refractivity (Wildman–Crippen MR) is 99.5 cm³/mol. The minimum absolute atomic E-state index is 0.0523. The Bertz CT molecular complexity index is 593. The van der Waals surface area contributed by atoms with Crippen molar-refractivity contribution in [1.82, 2.24) is 15.2 Å². The van der Waals surface area contributed by atoms with E-state index >= 15 is 0 Å². The normalized spacial score (nSPS) is 22.7. The summed E-state index contributed by atoms with van der Waals surface area (Å²) in [6.07, 6.45) is 9.21. The molecule has 2 heterocycles. The number of amides is 2. The van der Waals surface area contributed by atoms with E-state index in [-0.39, 0.29) is 17.7 Å². The van der Waals surface area contributed by atoms with Gasteiger partial charge in [-0.05, 0) is 26.2 Å². The van der Waals surface area contributed by atoms with Crippen molar-refractivity contribution in [1.29, 1.82) is 0 Å². The van der Waals surface area contributed by atoms with E-state index < -0.39 is 0 Å². The second-order valence-corrected chi connectivity index (χ2v) is 8.27. The smallest absolute Gasteiger partial charge is 0.224 e. The van der Waals surface area contributed by atoms with Gasteiger partial charge in [-0.2, -0.15) is 0 Å². The SMILES string of the molecule is Cc1ncsc1CCNC(=O)[C@H]1CCC(=O)N(C2CCCCCC2)C1. The third-order valence-corrected chi connectivity index (χ3v) is 6.57. The van der Waals surface area contributed by atoms with Crippen LogP contribution in [0.2, 0.25) is 0 Å². The molecule has 2 aliphatic rings. The van der Waals surface area contributed by atoms with Crippen molar-refractivity contribution in [3.63, 3.8) is 0 Å². The first-order chi connectivity index (χ1) is 12.1. The molecule has 3 rings (SSSR count). The van der Waals surface area contributed by atoms with Gasteiger partial charge < -0.3 is 10.2 Å². The van der Waals surface area contributed by atoms with E-state index in [2.05, 4.69) is 10.3 Å². The molecule has 1 aromatic rings. The minimum atomic E-state index is -0.0523. The number of thiazole rings is 1. The number of carbonyl (C=O) groups is 2. The van der Waals surface area contributed by atoms with Crippen molar-refractivity contribution in [2.75, 3.05) is 13.1 Å². The second kappa shape index (κ2) is 8.79. The topological polar surface area (TPSA) is 62.3 Å². The van der Waals surface area contributed by atoms with Gasteiger partial charge in [0.05, 0.1) is 17.1 Å². The molecule has 5 nitrogen and oxygen atoms in total. The van der Waals surface area contributed by atoms with Crippen LogP contribution in [0, 0.1) is 12.8 Å². The van der Waals surface area contributed by atoms with Crippen molar-refractivity contribution >= 4 is 23.2 Å². The molecule has 1 aliphatic heterocycles. The molecule has 1 saturated heterocycles. The van der Waals surface area contributed by atoms with Crippen LogP contribution in [0.25, 0.3) is 0 Å². The highest BCUT2D eigenvalue weighted by atomic mass is 32.1. The molecule has 1 aromatic heterocycles. The third-order valence-electron chi connectivity index (χ3n) is 5.58. The lowest BCUT2D eigenvalue weighted by Crippen LogP contribution is -2.50. The molecule has 2 fully saturated rings. The zero-order valence-corrected chi connectivity index (χ0v) is 15.9. The molecule has 6 heteroatoms. The Morgan fingerprint density at radius 2 is 2.04 bits per heavy atom. The second-order valence-electron chi connectivity index (χ2n) is 7.33. The minimum Gasteiger partial charge on any atom is -0.355 e. The van der Waals surface area contributed by atoms with Gasteiger partial charge in [-0.25, -0.2) is 4.98 Å². The molecule has 0 spiro atoms. The molecule has 0 radical (unpaired) electrons. The molecule has 138 valence electrons. The molecule has 1 aliphatic carbocycles. The standard InChI is InChI=1S/C19H29N3O2S/c1-14-17(25-13-21-14)10-11-20-19(24)15-8-9-18(23)22(12-15)16-6-4-2-3-5-7-16/h13,15-16H,2-12H2,1H3,(H,20,24)/t15-/m0/s1. The first-order valence-corrected chi connectivity index (χ1v) is 10.5. The summed E-state index contributed by atoms with van der Waals surface area (Å²) in [5, 5.41) is 3.07. The summed E-state index contributed by atoms with van der Waals surface area (Å²) in [5.41, 5.74) is 2.91. The van der Waals surface area contributed by atoms with E-state index in [0.29, 0.717) is 32.0 Å². The summed E-state index contributed by atoms with van der Waals surface area (Å²) in [4.78, 5) is 32.4. The lowest BCUT2D eigenvalue weighted by atomic mass is 9.93. The van der Waals surface area contributed by atoms with Gasteiger partial charge in [0.25, 0.3) is 0 Å². The zero-order valence-electron chi connectivity index (χ0n) is 15.1. The first-order valence-electron chi connectivity index (χ1n) is 9.61. The number of hydrogen-bond donors (Lipinski definition) is 1. The third kappa shape index (κ3) is 4.81. The summed E-state index contributed by atoms with van der Waals surface area (Å²) in [6.45, 7) is 3.26. The zero-order chi connectivity index (χ0) is 17.6. The van der Waals surface area contributed by atoms with Gasteiger partial charge in [-0.3, -0.25) is 9.59 Å². The van der Waals surface area contributed by atoms with Crippen molar-refractivity contribution in [2.45, 2.75) is 70.8 Å². The molecular formula is C19H29N3O2S. The number of rotatable bonds is 5. The van der Waals surface area contributed by atoms with Crippen molar-refractivity contribution < 1.29 is 9.59 Å². The van der Waals surface area contributed by atoms with E-state index in [9.17, 15) is 9.59 Å². The number of aryl methyl sites for hydroxylation is 1. The summed E-state index contributed by atoms with van der Waals surface area (Å²) in [6, 6.07) is 0.352. The summed E-state index contributed by atoms with van der Waals surface area (Å²) in [7, 11) is 0. The van der Waals surface area contributed by atoms with Crippen LogP contribution in [0.15, 0.2) is 5.51 Å². The first kappa shape index (κ1) is 18.4. The van der Waals surface area contributed by atoms with Gasteiger partial charge in [0.15, 0.2) is 0 Å². The fourth-order valence-electron chi connectivity index (χ4n) is 4.02. The average Bonchev–Trinajstić information content (AvgIpc) is 2.86. The van der Waals surface area contributed by atoms with E-state index in [0.717, 1.165) is 25.0 Å². The fourth-order valence-corrected chi connectivity index (χ4v) is 4.80. The van der Waals surface area contributed by atoms with E-state index in [1.54, 1.807) is 11.3 Å². The number of hydrogen-bond acceptors (Lipinski definition) is 4. The Hall–Kier alpha value is -1.43. The quantitative estimate of drug-likeness (QED) is 0.818. The maximum atomic E-state index is 12.6. The van der Waals surface area contributed by atoms with Gasteiger partial charge >= 0.3 is 0 Å². The fraction of sp³-hybridized carbons (Fsp3) is 0.737. The van der Waals surface area contributed by atoms with Gasteiger partial charge in [0.1, 0.15) is 0 Å². The summed E-state index contributed by atoms with van der Waals surface area (Å²) in [5.74, 6) is 0.299. The lowest BCUT2D eigenvalue weighted by Gasteiger charge is -2.37. The van der Waals surface area contributed by atoms with Crippen molar-refractivity contribution in [3.8, 4) is 0 Å². The van der Waals surface area contributed by atoms with Crippen LogP contribution in [0.3, 0.4) is 0 Å². The van der Waals surface area contributed by atoms with Gasteiger partial charge in [-0.1, -0.05) is 25.7 Å². The van der Waals surface area contributed by atoms with Crippen LogP contribution in [-0.4, -0.2) is 40.8 Å². The molecule has 1 N–H and O–H groups in total. The molecule has 0 aromatic carbocycles. The molecule has 0 bridgehead atoms. The van der Waals surface area contributed by atoms with Crippen LogP contribution < -0.4 is 5.32 Å². The monoisotopic (exact) mass is 363 g/mol. The Balaban J connectivity index is 1.50. The van der Waals surface area contributed by atoms with Crippen LogP contribution in [0.4, 0.5) is 0 Å².